The number of aromatic nitrogens is 1. The third kappa shape index (κ3) is 3.30. The maximum absolute atomic E-state index is 12.9. The van der Waals surface area contributed by atoms with Crippen molar-refractivity contribution in [2.75, 3.05) is 6.61 Å². The molecule has 0 fully saturated rings. The molecule has 0 aliphatic heterocycles. The van der Waals surface area contributed by atoms with Crippen LogP contribution in [0.1, 0.15) is 28.4 Å². The second-order valence-corrected chi connectivity index (χ2v) is 6.92. The fraction of sp³-hybridized carbons (Fsp3) is 0.125. The van der Waals surface area contributed by atoms with Crippen molar-refractivity contribution in [3.63, 3.8) is 0 Å². The molecule has 2 aromatic carbocycles. The standard InChI is InChI=1S/C24H20ClNO2/c1-2-28-24(27)22-19(16-18-12-6-7-13-20(18)25)23(17-10-4-3-5-11-17)26-15-9-8-14-21(22)26/h3-15H,2,16H2,1H3. The molecule has 3 nitrogen and oxygen atoms in total. The van der Waals surface area contributed by atoms with Gasteiger partial charge in [-0.3, -0.25) is 0 Å². The molecule has 4 heteroatoms. The molecule has 0 atom stereocenters. The smallest absolute Gasteiger partial charge is 0.340 e. The number of hydrogen-bond acceptors (Lipinski definition) is 2. The fourth-order valence-electron chi connectivity index (χ4n) is 3.60. The Morgan fingerprint density at radius 2 is 1.68 bits per heavy atom. The summed E-state index contributed by atoms with van der Waals surface area (Å²) in [5.74, 6) is -0.310. The first-order chi connectivity index (χ1) is 13.7. The second kappa shape index (κ2) is 7.91. The topological polar surface area (TPSA) is 30.7 Å². The lowest BCUT2D eigenvalue weighted by Crippen LogP contribution is -2.07. The fourth-order valence-corrected chi connectivity index (χ4v) is 3.81. The normalized spacial score (nSPS) is 10.9. The average Bonchev–Trinajstić information content (AvgIpc) is 3.04. The third-order valence-electron chi connectivity index (χ3n) is 4.80. The molecule has 0 amide bonds. The van der Waals surface area contributed by atoms with Gasteiger partial charge >= 0.3 is 5.97 Å². The molecular formula is C24H20ClNO2. The van der Waals surface area contributed by atoms with Crippen molar-refractivity contribution in [2.45, 2.75) is 13.3 Å². The quantitative estimate of drug-likeness (QED) is 0.390. The van der Waals surface area contributed by atoms with Crippen LogP contribution >= 0.6 is 11.6 Å². The van der Waals surface area contributed by atoms with E-state index in [1.54, 1.807) is 0 Å². The summed E-state index contributed by atoms with van der Waals surface area (Å²) in [6.07, 6.45) is 2.52. The summed E-state index contributed by atoms with van der Waals surface area (Å²) in [5, 5.41) is 0.687. The Labute approximate surface area is 169 Å². The van der Waals surface area contributed by atoms with E-state index in [1.807, 2.05) is 73.8 Å². The molecule has 0 bridgehead atoms. The van der Waals surface area contributed by atoms with Crippen molar-refractivity contribution in [3.05, 3.63) is 101 Å². The Kier molecular flexibility index (Phi) is 5.18. The molecule has 0 saturated heterocycles. The molecule has 4 aromatic rings. The minimum absolute atomic E-state index is 0.310. The van der Waals surface area contributed by atoms with Crippen LogP contribution in [0.15, 0.2) is 79.0 Å². The van der Waals surface area contributed by atoms with Crippen LogP contribution < -0.4 is 0 Å². The van der Waals surface area contributed by atoms with Crippen LogP contribution in [0.5, 0.6) is 0 Å². The van der Waals surface area contributed by atoms with E-state index in [4.69, 9.17) is 16.3 Å². The van der Waals surface area contributed by atoms with E-state index < -0.39 is 0 Å². The first-order valence-corrected chi connectivity index (χ1v) is 9.66. The molecular weight excluding hydrogens is 370 g/mol. The van der Waals surface area contributed by atoms with Gasteiger partial charge in [-0.25, -0.2) is 4.79 Å². The number of halogens is 1. The van der Waals surface area contributed by atoms with Crippen LogP contribution in [-0.4, -0.2) is 17.0 Å². The van der Waals surface area contributed by atoms with E-state index >= 15 is 0 Å². The van der Waals surface area contributed by atoms with Crippen molar-refractivity contribution in [2.24, 2.45) is 0 Å². The zero-order valence-electron chi connectivity index (χ0n) is 15.6. The highest BCUT2D eigenvalue weighted by Gasteiger charge is 2.25. The lowest BCUT2D eigenvalue weighted by Gasteiger charge is -2.10. The Bertz CT molecular complexity index is 1130. The molecule has 4 rings (SSSR count). The molecule has 0 aliphatic carbocycles. The maximum atomic E-state index is 12.9. The SMILES string of the molecule is CCOC(=O)c1c(Cc2ccccc2Cl)c(-c2ccccc2)n2ccccc12. The Morgan fingerprint density at radius 3 is 2.43 bits per heavy atom. The van der Waals surface area contributed by atoms with E-state index in [-0.39, 0.29) is 5.97 Å². The first-order valence-electron chi connectivity index (χ1n) is 9.28. The molecule has 2 heterocycles. The molecule has 0 N–H and O–H groups in total. The van der Waals surface area contributed by atoms with Gasteiger partial charge in [-0.15, -0.1) is 0 Å². The maximum Gasteiger partial charge on any atom is 0.340 e. The van der Waals surface area contributed by atoms with Gasteiger partial charge in [0.05, 0.1) is 23.4 Å². The monoisotopic (exact) mass is 389 g/mol. The molecule has 0 radical (unpaired) electrons. The van der Waals surface area contributed by atoms with Gasteiger partial charge in [-0.1, -0.05) is 66.2 Å². The number of rotatable bonds is 5. The van der Waals surface area contributed by atoms with Crippen LogP contribution in [0.3, 0.4) is 0 Å². The number of fused-ring (bicyclic) bond motifs is 1. The van der Waals surface area contributed by atoms with Crippen LogP contribution in [0, 0.1) is 0 Å². The minimum atomic E-state index is -0.310. The first kappa shape index (κ1) is 18.3. The lowest BCUT2D eigenvalue weighted by atomic mass is 9.97. The number of pyridine rings is 1. The van der Waals surface area contributed by atoms with Gasteiger partial charge in [0.25, 0.3) is 0 Å². The molecule has 0 spiro atoms. The number of nitrogens with zero attached hydrogens (tertiary/aromatic N) is 1. The number of ether oxygens (including phenoxy) is 1. The molecule has 0 aliphatic rings. The predicted octanol–water partition coefficient (Wildman–Crippen LogP) is 6.03. The van der Waals surface area contributed by atoms with E-state index in [2.05, 4.69) is 16.5 Å². The Morgan fingerprint density at radius 1 is 0.964 bits per heavy atom. The summed E-state index contributed by atoms with van der Waals surface area (Å²) < 4.78 is 7.47. The van der Waals surface area contributed by atoms with Crippen LogP contribution in [0.25, 0.3) is 16.8 Å². The van der Waals surface area contributed by atoms with Crippen molar-refractivity contribution in [3.8, 4) is 11.3 Å². The molecule has 140 valence electrons. The minimum Gasteiger partial charge on any atom is -0.462 e. The predicted molar refractivity (Wildman–Crippen MR) is 113 cm³/mol. The van der Waals surface area contributed by atoms with Crippen molar-refractivity contribution in [1.29, 1.82) is 0 Å². The highest BCUT2D eigenvalue weighted by molar-refractivity contribution is 6.31. The number of hydrogen-bond donors (Lipinski definition) is 0. The van der Waals surface area contributed by atoms with Crippen LogP contribution in [0.4, 0.5) is 0 Å². The van der Waals surface area contributed by atoms with E-state index in [9.17, 15) is 4.79 Å². The van der Waals surface area contributed by atoms with Gasteiger partial charge < -0.3 is 9.14 Å². The number of carbonyl (C=O) groups excluding carboxylic acids is 1. The third-order valence-corrected chi connectivity index (χ3v) is 5.17. The summed E-state index contributed by atoms with van der Waals surface area (Å²) >= 11 is 6.44. The van der Waals surface area contributed by atoms with Gasteiger partial charge in [0, 0.05) is 17.6 Å². The molecule has 0 saturated carbocycles. The van der Waals surface area contributed by atoms with Gasteiger partial charge in [0.1, 0.15) is 0 Å². The average molecular weight is 390 g/mol. The number of benzene rings is 2. The molecule has 28 heavy (non-hydrogen) atoms. The van der Waals surface area contributed by atoms with Gasteiger partial charge in [-0.2, -0.15) is 0 Å². The summed E-state index contributed by atoms with van der Waals surface area (Å²) in [4.78, 5) is 12.9. The summed E-state index contributed by atoms with van der Waals surface area (Å²) in [6, 6.07) is 23.7. The Balaban J connectivity index is 2.02. The van der Waals surface area contributed by atoms with Gasteiger partial charge in [0.2, 0.25) is 0 Å². The van der Waals surface area contributed by atoms with Crippen LogP contribution in [0.2, 0.25) is 5.02 Å². The van der Waals surface area contributed by atoms with Crippen molar-refractivity contribution in [1.82, 2.24) is 4.40 Å². The Hall–Kier alpha value is -3.04. The summed E-state index contributed by atoms with van der Waals surface area (Å²) in [5.41, 5.74) is 5.36. The summed E-state index contributed by atoms with van der Waals surface area (Å²) in [7, 11) is 0. The zero-order valence-corrected chi connectivity index (χ0v) is 16.3. The van der Waals surface area contributed by atoms with E-state index in [1.165, 1.54) is 0 Å². The number of carbonyl (C=O) groups is 1. The van der Waals surface area contributed by atoms with E-state index in [0.29, 0.717) is 23.6 Å². The van der Waals surface area contributed by atoms with Gasteiger partial charge in [-0.05, 0) is 41.8 Å². The van der Waals surface area contributed by atoms with Crippen molar-refractivity contribution >= 4 is 23.1 Å². The largest absolute Gasteiger partial charge is 0.462 e. The zero-order chi connectivity index (χ0) is 19.5. The second-order valence-electron chi connectivity index (χ2n) is 6.51. The van der Waals surface area contributed by atoms with E-state index in [0.717, 1.165) is 27.9 Å². The lowest BCUT2D eigenvalue weighted by molar-refractivity contribution is 0.0528. The van der Waals surface area contributed by atoms with Crippen LogP contribution in [-0.2, 0) is 11.2 Å². The van der Waals surface area contributed by atoms with Gasteiger partial charge in [0.15, 0.2) is 0 Å². The number of esters is 1. The van der Waals surface area contributed by atoms with Crippen molar-refractivity contribution < 1.29 is 9.53 Å². The highest BCUT2D eigenvalue weighted by atomic mass is 35.5. The molecule has 0 unspecified atom stereocenters. The molecule has 2 aromatic heterocycles. The summed E-state index contributed by atoms with van der Waals surface area (Å²) in [6.45, 7) is 2.15. The highest BCUT2D eigenvalue weighted by Crippen LogP contribution is 2.35.